The van der Waals surface area contributed by atoms with Crippen molar-refractivity contribution in [1.82, 2.24) is 4.98 Å². The van der Waals surface area contributed by atoms with Gasteiger partial charge in [-0.15, -0.1) is 6.58 Å². The summed E-state index contributed by atoms with van der Waals surface area (Å²) in [7, 11) is -3.65. The highest BCUT2D eigenvalue weighted by Gasteiger charge is 2.06. The van der Waals surface area contributed by atoms with E-state index in [4.69, 9.17) is 5.14 Å². The molecule has 5 nitrogen and oxygen atoms in total. The van der Waals surface area contributed by atoms with E-state index in [1.165, 1.54) is 12.3 Å². The third kappa shape index (κ3) is 2.82. The van der Waals surface area contributed by atoms with E-state index < -0.39 is 10.0 Å². The summed E-state index contributed by atoms with van der Waals surface area (Å²) in [5.74, 6) is 0.581. The van der Waals surface area contributed by atoms with Crippen LogP contribution < -0.4 is 10.5 Å². The molecule has 0 saturated carbocycles. The monoisotopic (exact) mass is 213 g/mol. The van der Waals surface area contributed by atoms with Crippen molar-refractivity contribution >= 4 is 15.8 Å². The van der Waals surface area contributed by atoms with Crippen LogP contribution in [0.4, 0.5) is 5.82 Å². The van der Waals surface area contributed by atoms with Gasteiger partial charge in [-0.25, -0.2) is 18.5 Å². The summed E-state index contributed by atoms with van der Waals surface area (Å²) < 4.78 is 21.7. The summed E-state index contributed by atoms with van der Waals surface area (Å²) in [5.41, 5.74) is 0. The summed E-state index contributed by atoms with van der Waals surface area (Å²) in [4.78, 5) is 3.87. The van der Waals surface area contributed by atoms with E-state index in [9.17, 15) is 8.42 Å². The number of nitrogens with one attached hydrogen (secondary N) is 1. The number of nitrogens with zero attached hydrogens (tertiary/aromatic N) is 1. The maximum absolute atomic E-state index is 10.9. The Morgan fingerprint density at radius 1 is 1.57 bits per heavy atom. The Labute approximate surface area is 82.7 Å². The predicted octanol–water partition coefficient (Wildman–Crippen LogP) is 0.327. The van der Waals surface area contributed by atoms with Crippen LogP contribution in [-0.4, -0.2) is 19.9 Å². The number of hydrogen-bond acceptors (Lipinski definition) is 4. The molecule has 6 heteroatoms. The van der Waals surface area contributed by atoms with Gasteiger partial charge in [0.25, 0.3) is 0 Å². The zero-order valence-corrected chi connectivity index (χ0v) is 8.29. The van der Waals surface area contributed by atoms with E-state index in [-0.39, 0.29) is 4.90 Å². The molecule has 0 bridgehead atoms. The maximum Gasteiger partial charge on any atom is 0.239 e. The molecule has 1 heterocycles. The van der Waals surface area contributed by atoms with Crippen LogP contribution in [0.25, 0.3) is 0 Å². The highest BCUT2D eigenvalue weighted by Crippen LogP contribution is 2.08. The minimum absolute atomic E-state index is 0.00153. The first-order valence-corrected chi connectivity index (χ1v) is 5.42. The van der Waals surface area contributed by atoms with Crippen LogP contribution in [0.2, 0.25) is 0 Å². The van der Waals surface area contributed by atoms with Crippen molar-refractivity contribution in [3.8, 4) is 0 Å². The normalized spacial score (nSPS) is 10.9. The molecule has 76 valence electrons. The SMILES string of the molecule is C=CCNc1ccc(S(N)(=O)=O)cn1. The van der Waals surface area contributed by atoms with Gasteiger partial charge in [-0.2, -0.15) is 0 Å². The van der Waals surface area contributed by atoms with Gasteiger partial charge in [0.05, 0.1) is 0 Å². The summed E-state index contributed by atoms with van der Waals surface area (Å²) in [6, 6.07) is 2.94. The van der Waals surface area contributed by atoms with Crippen molar-refractivity contribution in [3.05, 3.63) is 31.0 Å². The fourth-order valence-electron chi connectivity index (χ4n) is 0.830. The van der Waals surface area contributed by atoms with Gasteiger partial charge in [0.2, 0.25) is 10.0 Å². The number of aromatic nitrogens is 1. The first kappa shape index (κ1) is 10.7. The van der Waals surface area contributed by atoms with Gasteiger partial charge in [0.15, 0.2) is 0 Å². The van der Waals surface area contributed by atoms with Gasteiger partial charge in [-0.1, -0.05) is 6.08 Å². The Balaban J connectivity index is 2.84. The van der Waals surface area contributed by atoms with Crippen molar-refractivity contribution in [1.29, 1.82) is 0 Å². The molecule has 1 aromatic rings. The average Bonchev–Trinajstić information content (AvgIpc) is 2.14. The van der Waals surface area contributed by atoms with Crippen LogP contribution in [0.1, 0.15) is 0 Å². The van der Waals surface area contributed by atoms with Crippen molar-refractivity contribution in [2.75, 3.05) is 11.9 Å². The van der Waals surface area contributed by atoms with Gasteiger partial charge < -0.3 is 5.32 Å². The van der Waals surface area contributed by atoms with Gasteiger partial charge in [-0.3, -0.25) is 0 Å². The third-order valence-corrected chi connectivity index (χ3v) is 2.39. The number of nitrogens with two attached hydrogens (primary N) is 1. The number of primary sulfonamides is 1. The Hall–Kier alpha value is -1.40. The quantitative estimate of drug-likeness (QED) is 0.706. The third-order valence-electron chi connectivity index (χ3n) is 1.49. The minimum Gasteiger partial charge on any atom is -0.367 e. The fraction of sp³-hybridized carbons (Fsp3) is 0.125. The molecule has 0 aliphatic rings. The summed E-state index contributed by atoms with van der Waals surface area (Å²) in [6.45, 7) is 4.10. The summed E-state index contributed by atoms with van der Waals surface area (Å²) in [6.07, 6.45) is 2.88. The number of rotatable bonds is 4. The Bertz CT molecular complexity index is 411. The second-order valence-electron chi connectivity index (χ2n) is 2.59. The molecule has 0 amide bonds. The zero-order valence-electron chi connectivity index (χ0n) is 7.47. The molecular weight excluding hydrogens is 202 g/mol. The molecule has 3 N–H and O–H groups in total. The van der Waals surface area contributed by atoms with Crippen LogP contribution in [0.3, 0.4) is 0 Å². The van der Waals surface area contributed by atoms with Crippen molar-refractivity contribution in [2.45, 2.75) is 4.90 Å². The standard InChI is InChI=1S/C8H11N3O2S/c1-2-5-10-8-4-3-7(6-11-8)14(9,12)13/h2-4,6H,1,5H2,(H,10,11)(H2,9,12,13). The molecule has 1 aromatic heterocycles. The van der Waals surface area contributed by atoms with Crippen molar-refractivity contribution in [3.63, 3.8) is 0 Å². The number of hydrogen-bond donors (Lipinski definition) is 2. The molecule has 0 unspecified atom stereocenters. The summed E-state index contributed by atoms with van der Waals surface area (Å²) >= 11 is 0. The van der Waals surface area contributed by atoms with Gasteiger partial charge in [0, 0.05) is 12.7 Å². The molecule has 1 rings (SSSR count). The predicted molar refractivity (Wildman–Crippen MR) is 54.3 cm³/mol. The molecule has 0 saturated heterocycles. The van der Waals surface area contributed by atoms with E-state index in [1.807, 2.05) is 0 Å². The molecule has 0 aromatic carbocycles. The molecule has 0 aliphatic heterocycles. The number of anilines is 1. The van der Waals surface area contributed by atoms with Crippen LogP contribution >= 0.6 is 0 Å². The van der Waals surface area contributed by atoms with Gasteiger partial charge in [0.1, 0.15) is 10.7 Å². The molecule has 0 aliphatic carbocycles. The van der Waals surface area contributed by atoms with Crippen LogP contribution in [0.5, 0.6) is 0 Å². The van der Waals surface area contributed by atoms with Crippen molar-refractivity contribution in [2.24, 2.45) is 5.14 Å². The van der Waals surface area contributed by atoms with Gasteiger partial charge in [-0.05, 0) is 12.1 Å². The largest absolute Gasteiger partial charge is 0.367 e. The minimum atomic E-state index is -3.65. The van der Waals surface area contributed by atoms with Crippen LogP contribution in [0.15, 0.2) is 35.9 Å². The lowest BCUT2D eigenvalue weighted by Crippen LogP contribution is -2.12. The first-order chi connectivity index (χ1) is 6.54. The molecular formula is C8H11N3O2S. The van der Waals surface area contributed by atoms with Crippen LogP contribution in [0, 0.1) is 0 Å². The van der Waals surface area contributed by atoms with Gasteiger partial charge >= 0.3 is 0 Å². The average molecular weight is 213 g/mol. The molecule has 0 atom stereocenters. The number of pyridine rings is 1. The lowest BCUT2D eigenvalue weighted by Gasteiger charge is -2.02. The first-order valence-electron chi connectivity index (χ1n) is 3.87. The molecule has 0 spiro atoms. The highest BCUT2D eigenvalue weighted by molar-refractivity contribution is 7.89. The topological polar surface area (TPSA) is 85.1 Å². The van der Waals surface area contributed by atoms with E-state index in [0.717, 1.165) is 0 Å². The Kier molecular flexibility index (Phi) is 3.21. The zero-order chi connectivity index (χ0) is 10.6. The van der Waals surface area contributed by atoms with E-state index >= 15 is 0 Å². The lowest BCUT2D eigenvalue weighted by atomic mass is 10.4. The summed E-state index contributed by atoms with van der Waals surface area (Å²) in [5, 5.41) is 7.81. The van der Waals surface area contributed by atoms with E-state index in [1.54, 1.807) is 12.1 Å². The molecule has 0 radical (unpaired) electrons. The number of sulfonamides is 1. The highest BCUT2D eigenvalue weighted by atomic mass is 32.2. The molecule has 0 fully saturated rings. The van der Waals surface area contributed by atoms with Crippen LogP contribution in [-0.2, 0) is 10.0 Å². The fourth-order valence-corrected chi connectivity index (χ4v) is 1.29. The van der Waals surface area contributed by atoms with E-state index in [0.29, 0.717) is 12.4 Å². The Morgan fingerprint density at radius 3 is 2.71 bits per heavy atom. The second kappa shape index (κ2) is 4.21. The smallest absolute Gasteiger partial charge is 0.239 e. The molecule has 14 heavy (non-hydrogen) atoms. The van der Waals surface area contributed by atoms with Crippen molar-refractivity contribution < 1.29 is 8.42 Å². The Morgan fingerprint density at radius 2 is 2.29 bits per heavy atom. The maximum atomic E-state index is 10.9. The second-order valence-corrected chi connectivity index (χ2v) is 4.16. The lowest BCUT2D eigenvalue weighted by molar-refractivity contribution is 0.597. The van der Waals surface area contributed by atoms with E-state index in [2.05, 4.69) is 16.9 Å².